The normalized spacial score (nSPS) is 27.0. The van der Waals surface area contributed by atoms with E-state index in [0.29, 0.717) is 0 Å². The number of rotatable bonds is 6. The van der Waals surface area contributed by atoms with Crippen molar-refractivity contribution in [1.82, 2.24) is 14.5 Å². The van der Waals surface area contributed by atoms with Crippen molar-refractivity contribution >= 4 is 45.9 Å². The number of imidazole rings is 1. The van der Waals surface area contributed by atoms with Crippen LogP contribution in [0.1, 0.15) is 18.2 Å². The van der Waals surface area contributed by atoms with Crippen molar-refractivity contribution in [2.75, 3.05) is 29.2 Å². The van der Waals surface area contributed by atoms with Gasteiger partial charge in [0.05, 0.1) is 24.3 Å². The summed E-state index contributed by atoms with van der Waals surface area (Å²) < 4.78 is 69.6. The van der Waals surface area contributed by atoms with Gasteiger partial charge in [0.1, 0.15) is 35.5 Å². The fraction of sp³-hybridized carbons (Fsp3) is 0.588. The van der Waals surface area contributed by atoms with E-state index in [1.807, 2.05) is 6.07 Å². The van der Waals surface area contributed by atoms with Gasteiger partial charge in [-0.05, 0) is 0 Å². The van der Waals surface area contributed by atoms with Crippen LogP contribution in [0.15, 0.2) is 6.33 Å². The third-order valence-corrected chi connectivity index (χ3v) is 9.66. The van der Waals surface area contributed by atoms with Gasteiger partial charge in [-0.15, -0.1) is 0 Å². The van der Waals surface area contributed by atoms with Gasteiger partial charge in [-0.2, -0.15) is 5.26 Å². The number of aliphatic hydroxyl groups is 2. The summed E-state index contributed by atoms with van der Waals surface area (Å²) in [6.45, 7) is -0.782. The Balaban J connectivity index is 1.71. The van der Waals surface area contributed by atoms with Gasteiger partial charge in [-0.1, -0.05) is 11.6 Å². The van der Waals surface area contributed by atoms with Crippen molar-refractivity contribution < 1.29 is 46.5 Å². The van der Waals surface area contributed by atoms with E-state index >= 15 is 0 Å². The molecular weight excluding hydrogens is 539 g/mol. The first-order valence-corrected chi connectivity index (χ1v) is 14.0. The van der Waals surface area contributed by atoms with Gasteiger partial charge in [0.2, 0.25) is 0 Å². The molecule has 0 radical (unpaired) electrons. The zero-order chi connectivity index (χ0) is 25.9. The van der Waals surface area contributed by atoms with Gasteiger partial charge >= 0.3 is 7.60 Å². The average Bonchev–Trinajstić information content (AvgIpc) is 3.36. The van der Waals surface area contributed by atoms with Crippen LogP contribution >= 0.6 is 19.2 Å². The van der Waals surface area contributed by atoms with Crippen LogP contribution in [0.2, 0.25) is 5.15 Å². The van der Waals surface area contributed by atoms with Gasteiger partial charge in [0.15, 0.2) is 32.4 Å². The van der Waals surface area contributed by atoms with E-state index in [1.165, 1.54) is 4.90 Å². The molecular formula is C17H19ClF2N5O8PS. The molecule has 0 bridgehead atoms. The van der Waals surface area contributed by atoms with Crippen molar-refractivity contribution in [3.8, 4) is 6.07 Å². The lowest BCUT2D eigenvalue weighted by Crippen LogP contribution is -2.35. The highest BCUT2D eigenvalue weighted by Gasteiger charge is 2.47. The Kier molecular flexibility index (Phi) is 6.61. The molecule has 13 nitrogen and oxygen atoms in total. The van der Waals surface area contributed by atoms with Gasteiger partial charge in [-0.3, -0.25) is 9.13 Å². The molecule has 35 heavy (non-hydrogen) atoms. The molecule has 2 aromatic heterocycles. The summed E-state index contributed by atoms with van der Waals surface area (Å²) >= 11 is 6.14. The summed E-state index contributed by atoms with van der Waals surface area (Å²) in [6.07, 6.45) is -5.88. The molecule has 0 aliphatic carbocycles. The molecule has 0 saturated carbocycles. The number of sulfone groups is 1. The number of ether oxygens (including phenoxy) is 1. The summed E-state index contributed by atoms with van der Waals surface area (Å²) in [5, 5.41) is 30.0. The molecule has 192 valence electrons. The van der Waals surface area contributed by atoms with E-state index in [1.54, 1.807) is 0 Å². The lowest BCUT2D eigenvalue weighted by atomic mass is 10.1. The van der Waals surface area contributed by atoms with Gasteiger partial charge in [0, 0.05) is 13.0 Å². The maximum absolute atomic E-state index is 13.9. The predicted octanol–water partition coefficient (Wildman–Crippen LogP) is -0.0290. The first kappa shape index (κ1) is 26.1. The highest BCUT2D eigenvalue weighted by molar-refractivity contribution is 7.97. The Morgan fingerprint density at radius 2 is 2.03 bits per heavy atom. The van der Waals surface area contributed by atoms with E-state index in [0.717, 1.165) is 10.9 Å². The summed E-state index contributed by atoms with van der Waals surface area (Å²) in [6, 6.07) is 1.82. The van der Waals surface area contributed by atoms with Crippen LogP contribution in [0.3, 0.4) is 0 Å². The average molecular weight is 558 g/mol. The van der Waals surface area contributed by atoms with Crippen molar-refractivity contribution in [1.29, 1.82) is 5.26 Å². The number of pyridine rings is 1. The minimum Gasteiger partial charge on any atom is -0.387 e. The van der Waals surface area contributed by atoms with Gasteiger partial charge in [0.25, 0.3) is 5.92 Å². The molecule has 4 N–H and O–H groups in total. The monoisotopic (exact) mass is 557 g/mol. The number of aliphatic hydroxyl groups excluding tert-OH is 2. The largest absolute Gasteiger partial charge is 0.387 e. The summed E-state index contributed by atoms with van der Waals surface area (Å²) in [5.74, 6) is -4.00. The van der Waals surface area contributed by atoms with E-state index < -0.39 is 72.1 Å². The molecule has 4 rings (SSSR count). The number of anilines is 1. The van der Waals surface area contributed by atoms with Crippen LogP contribution < -0.4 is 4.90 Å². The Hall–Kier alpha value is -1.96. The Bertz CT molecular complexity index is 1360. The zero-order valence-corrected chi connectivity index (χ0v) is 20.0. The molecule has 2 aliphatic rings. The van der Waals surface area contributed by atoms with E-state index in [2.05, 4.69) is 9.97 Å². The number of halogens is 3. The number of nitrogens with zero attached hydrogens (tertiary/aromatic N) is 5. The lowest BCUT2D eigenvalue weighted by molar-refractivity contribution is -0.0292. The molecule has 0 amide bonds. The molecule has 0 aromatic carbocycles. The zero-order valence-electron chi connectivity index (χ0n) is 17.6. The Morgan fingerprint density at radius 3 is 2.60 bits per heavy atom. The van der Waals surface area contributed by atoms with E-state index in [-0.39, 0.29) is 34.1 Å². The van der Waals surface area contributed by atoms with Crippen LogP contribution in [0.4, 0.5) is 14.5 Å². The molecule has 18 heteroatoms. The van der Waals surface area contributed by atoms with Crippen LogP contribution in [-0.2, 0) is 19.1 Å². The third-order valence-electron chi connectivity index (χ3n) is 5.63. The molecule has 0 spiro atoms. The van der Waals surface area contributed by atoms with Crippen LogP contribution in [0.5, 0.6) is 0 Å². The number of nitriles is 1. The summed E-state index contributed by atoms with van der Waals surface area (Å²) in [7, 11) is -9.32. The number of alkyl halides is 2. The molecule has 4 atom stereocenters. The van der Waals surface area contributed by atoms with Crippen LogP contribution in [0, 0.1) is 11.3 Å². The first-order chi connectivity index (χ1) is 16.1. The topological polar surface area (TPSA) is 199 Å². The fourth-order valence-corrected chi connectivity index (χ4v) is 7.63. The van der Waals surface area contributed by atoms with Crippen LogP contribution in [-0.4, -0.2) is 91.5 Å². The fourth-order valence-electron chi connectivity index (χ4n) is 4.17. The second kappa shape index (κ2) is 8.86. The summed E-state index contributed by atoms with van der Waals surface area (Å²) in [5.41, 5.74) is -1.75. The number of hydrogen-bond acceptors (Lipinski definition) is 10. The highest BCUT2D eigenvalue weighted by Crippen LogP contribution is 2.41. The number of hydrogen-bond donors (Lipinski definition) is 4. The smallest absolute Gasteiger partial charge is 0.340 e. The number of fused-ring (bicyclic) bond motifs is 1. The van der Waals surface area contributed by atoms with Crippen molar-refractivity contribution in [3.05, 3.63) is 17.0 Å². The molecule has 2 fully saturated rings. The Morgan fingerprint density at radius 1 is 1.34 bits per heavy atom. The van der Waals surface area contributed by atoms with Crippen LogP contribution in [0.25, 0.3) is 11.2 Å². The second-order valence-corrected chi connectivity index (χ2v) is 12.9. The van der Waals surface area contributed by atoms with Crippen molar-refractivity contribution in [2.45, 2.75) is 36.9 Å². The predicted molar refractivity (Wildman–Crippen MR) is 116 cm³/mol. The molecule has 2 saturated heterocycles. The molecule has 2 aliphatic heterocycles. The van der Waals surface area contributed by atoms with Gasteiger partial charge in [-0.25, -0.2) is 27.2 Å². The van der Waals surface area contributed by atoms with E-state index in [9.17, 15) is 37.2 Å². The Labute approximate surface area is 201 Å². The number of aromatic nitrogens is 3. The SMILES string of the molecule is N#Cc1c(Cl)nc2c(ncn2[C@@H]2O[C@H](CS(=O)(=O)CP(=O)(O)O)[C@@H](O)[C@H]2O)c1N1CCC(F)(F)C1. The first-order valence-electron chi connectivity index (χ1n) is 9.98. The minimum atomic E-state index is -4.93. The minimum absolute atomic E-state index is 0.00670. The molecule has 4 heterocycles. The summed E-state index contributed by atoms with van der Waals surface area (Å²) in [4.78, 5) is 27.3. The molecule has 2 aromatic rings. The van der Waals surface area contributed by atoms with E-state index in [4.69, 9.17) is 26.1 Å². The third kappa shape index (κ3) is 5.13. The quantitative estimate of drug-likeness (QED) is 0.273. The second-order valence-electron chi connectivity index (χ2n) is 8.34. The van der Waals surface area contributed by atoms with Gasteiger partial charge < -0.3 is 29.6 Å². The lowest BCUT2D eigenvalue weighted by Gasteiger charge is -2.21. The highest BCUT2D eigenvalue weighted by atomic mass is 35.5. The molecule has 0 unspecified atom stereocenters. The van der Waals surface area contributed by atoms with Crippen molar-refractivity contribution in [2.24, 2.45) is 0 Å². The van der Waals surface area contributed by atoms with Crippen molar-refractivity contribution in [3.63, 3.8) is 0 Å². The standard InChI is InChI=1S/C17H19ClF2N5O8PS/c18-14-8(3-21)11(24-2-1-17(19,20)5-24)10-15(23-14)25(6-22-10)16-13(27)12(26)9(33-16)4-35(31,32)7-34(28,29)30/h6,9,12-13,16,26-27H,1-2,4-5,7H2,(H2,28,29,30)/t9-,12-,13-,16-/m1/s1. The maximum atomic E-state index is 13.9. The maximum Gasteiger partial charge on any atom is 0.340 e.